The van der Waals surface area contributed by atoms with Crippen LogP contribution in [0.15, 0.2) is 0 Å². The van der Waals surface area contributed by atoms with Crippen LogP contribution < -0.4 is 0 Å². The summed E-state index contributed by atoms with van der Waals surface area (Å²) in [5.74, 6) is 0. The molecular formula is C8H21O5P. The quantitative estimate of drug-likeness (QED) is 0.386. The fraction of sp³-hybridized carbons (Fsp3) is 1.00. The molecule has 0 aromatic carbocycles. The molecule has 0 heterocycles. The van der Waals surface area contributed by atoms with Crippen LogP contribution in [0.2, 0.25) is 0 Å². The first-order valence-electron chi connectivity index (χ1n) is 4.66. The summed E-state index contributed by atoms with van der Waals surface area (Å²) in [7, 11) is -4.03. The maximum atomic E-state index is 9.52. The SMILES string of the molecule is CCC(C)(C)C(O)OCC[PH](O)(O)O. The molecule has 0 aliphatic carbocycles. The monoisotopic (exact) mass is 228 g/mol. The predicted octanol–water partition coefficient (Wildman–Crippen LogP) is 0.229. The Morgan fingerprint density at radius 1 is 1.29 bits per heavy atom. The first-order valence-corrected chi connectivity index (χ1v) is 6.71. The molecule has 0 fully saturated rings. The number of ether oxygens (including phenoxy) is 1. The second kappa shape index (κ2) is 5.35. The minimum atomic E-state index is -4.03. The van der Waals surface area contributed by atoms with Crippen molar-refractivity contribution >= 4 is 7.94 Å². The van der Waals surface area contributed by atoms with Gasteiger partial charge in [0.15, 0.2) is 0 Å². The van der Waals surface area contributed by atoms with Crippen LogP contribution in [0.25, 0.3) is 0 Å². The van der Waals surface area contributed by atoms with Crippen molar-refractivity contribution in [3.05, 3.63) is 0 Å². The topological polar surface area (TPSA) is 90.2 Å². The Morgan fingerprint density at radius 3 is 2.14 bits per heavy atom. The first kappa shape index (κ1) is 14.2. The van der Waals surface area contributed by atoms with Gasteiger partial charge in [-0.2, -0.15) is 0 Å². The third kappa shape index (κ3) is 5.86. The minimum absolute atomic E-state index is 0.0552. The van der Waals surface area contributed by atoms with Crippen molar-refractivity contribution in [2.45, 2.75) is 33.5 Å². The van der Waals surface area contributed by atoms with Crippen molar-refractivity contribution in [3.63, 3.8) is 0 Å². The van der Waals surface area contributed by atoms with Crippen LogP contribution in [0.4, 0.5) is 0 Å². The number of aliphatic hydroxyl groups is 1. The zero-order chi connectivity index (χ0) is 11.4. The van der Waals surface area contributed by atoms with Gasteiger partial charge in [-0.15, -0.1) is 0 Å². The molecule has 4 N–H and O–H groups in total. The predicted molar refractivity (Wildman–Crippen MR) is 55.9 cm³/mol. The van der Waals surface area contributed by atoms with E-state index in [4.69, 9.17) is 19.4 Å². The molecule has 6 heteroatoms. The molecule has 0 rings (SSSR count). The van der Waals surface area contributed by atoms with E-state index in [9.17, 15) is 5.11 Å². The molecular weight excluding hydrogens is 207 g/mol. The van der Waals surface area contributed by atoms with Crippen molar-refractivity contribution in [2.75, 3.05) is 12.8 Å². The van der Waals surface area contributed by atoms with Gasteiger partial charge in [0.05, 0.1) is 0 Å². The third-order valence-corrected chi connectivity index (χ3v) is 3.17. The Kier molecular flexibility index (Phi) is 5.44. The van der Waals surface area contributed by atoms with Crippen LogP contribution in [-0.2, 0) is 4.74 Å². The zero-order valence-corrected chi connectivity index (χ0v) is 9.90. The fourth-order valence-corrected chi connectivity index (χ4v) is 1.10. The standard InChI is InChI=1S/C8H21O5P/c1-4-8(2,3)7(9)13-5-6-14(10,11)12/h7,9-12,14H,4-6H2,1-3H3. The van der Waals surface area contributed by atoms with E-state index >= 15 is 0 Å². The van der Waals surface area contributed by atoms with E-state index in [0.29, 0.717) is 0 Å². The molecule has 1 unspecified atom stereocenters. The summed E-state index contributed by atoms with van der Waals surface area (Å²) in [6.45, 7) is 5.56. The van der Waals surface area contributed by atoms with Crippen LogP contribution in [0.5, 0.6) is 0 Å². The molecule has 88 valence electrons. The van der Waals surface area contributed by atoms with Gasteiger partial charge in [0.1, 0.15) is 0 Å². The summed E-state index contributed by atoms with van der Waals surface area (Å²) in [4.78, 5) is 26.0. The Balaban J connectivity index is 3.80. The molecule has 5 nitrogen and oxygen atoms in total. The number of hydrogen-bond donors (Lipinski definition) is 4. The van der Waals surface area contributed by atoms with Gasteiger partial charge in [0.2, 0.25) is 0 Å². The van der Waals surface area contributed by atoms with E-state index in [2.05, 4.69) is 0 Å². The van der Waals surface area contributed by atoms with Crippen LogP contribution in [0, 0.1) is 5.41 Å². The van der Waals surface area contributed by atoms with Crippen molar-refractivity contribution in [2.24, 2.45) is 5.41 Å². The summed E-state index contributed by atoms with van der Waals surface area (Å²) < 4.78 is 4.98. The molecule has 1 atom stereocenters. The number of rotatable bonds is 6. The van der Waals surface area contributed by atoms with Gasteiger partial charge in [-0.25, -0.2) is 0 Å². The molecule has 0 amide bonds. The van der Waals surface area contributed by atoms with Gasteiger partial charge in [0, 0.05) is 0 Å². The Labute approximate surface area is 84.9 Å². The Hall–Kier alpha value is 0.230. The average molecular weight is 228 g/mol. The van der Waals surface area contributed by atoms with Gasteiger partial charge in [-0.1, -0.05) is 0 Å². The number of aliphatic hydroxyl groups excluding tert-OH is 1. The van der Waals surface area contributed by atoms with Gasteiger partial charge >= 0.3 is 84.1 Å². The normalized spacial score (nSPS) is 16.8. The Bertz CT molecular complexity index is 166. The summed E-state index contributed by atoms with van der Waals surface area (Å²) in [5.41, 5.74) is -0.370. The molecule has 14 heavy (non-hydrogen) atoms. The van der Waals surface area contributed by atoms with Crippen LogP contribution in [0.1, 0.15) is 27.2 Å². The van der Waals surface area contributed by atoms with E-state index < -0.39 is 14.2 Å². The van der Waals surface area contributed by atoms with Gasteiger partial charge in [0.25, 0.3) is 0 Å². The molecule has 0 saturated heterocycles. The van der Waals surface area contributed by atoms with Crippen molar-refractivity contribution in [1.29, 1.82) is 0 Å². The molecule has 0 aliphatic heterocycles. The maximum absolute atomic E-state index is 9.52. The van der Waals surface area contributed by atoms with E-state index in [0.717, 1.165) is 6.42 Å². The van der Waals surface area contributed by atoms with Gasteiger partial charge in [-0.3, -0.25) is 0 Å². The number of hydrogen-bond acceptors (Lipinski definition) is 5. The average Bonchev–Trinajstić information content (AvgIpc) is 2.02. The van der Waals surface area contributed by atoms with E-state index in [1.807, 2.05) is 20.8 Å². The van der Waals surface area contributed by atoms with Crippen LogP contribution >= 0.6 is 7.94 Å². The fourth-order valence-electron chi connectivity index (χ4n) is 0.708. The Morgan fingerprint density at radius 2 is 1.79 bits per heavy atom. The van der Waals surface area contributed by atoms with Gasteiger partial charge < -0.3 is 0 Å². The molecule has 0 aromatic heterocycles. The summed E-state index contributed by atoms with van der Waals surface area (Å²) >= 11 is 0. The van der Waals surface area contributed by atoms with Crippen LogP contribution in [-0.4, -0.2) is 38.8 Å². The third-order valence-electron chi connectivity index (χ3n) is 2.29. The van der Waals surface area contributed by atoms with E-state index in [1.54, 1.807) is 0 Å². The second-order valence-corrected chi connectivity index (χ2v) is 6.14. The molecule has 0 saturated carbocycles. The van der Waals surface area contributed by atoms with Gasteiger partial charge in [-0.05, 0) is 0 Å². The second-order valence-electron chi connectivity index (χ2n) is 4.09. The van der Waals surface area contributed by atoms with E-state index in [1.165, 1.54) is 0 Å². The van der Waals surface area contributed by atoms with Crippen molar-refractivity contribution < 1.29 is 24.5 Å². The molecule has 0 aromatic rings. The molecule has 0 bridgehead atoms. The summed E-state index contributed by atoms with van der Waals surface area (Å²) in [6, 6.07) is 0. The summed E-state index contributed by atoms with van der Waals surface area (Å²) in [5, 5.41) is 9.52. The van der Waals surface area contributed by atoms with E-state index in [-0.39, 0.29) is 18.2 Å². The first-order chi connectivity index (χ1) is 6.19. The van der Waals surface area contributed by atoms with Crippen molar-refractivity contribution in [3.8, 4) is 0 Å². The molecule has 0 radical (unpaired) electrons. The zero-order valence-electron chi connectivity index (χ0n) is 8.90. The molecule has 0 spiro atoms. The summed E-state index contributed by atoms with van der Waals surface area (Å²) in [6.07, 6.45) is -0.429. The molecule has 0 aliphatic rings. The van der Waals surface area contributed by atoms with Crippen LogP contribution in [0.3, 0.4) is 0 Å². The van der Waals surface area contributed by atoms with Crippen molar-refractivity contribution in [1.82, 2.24) is 0 Å².